The van der Waals surface area contributed by atoms with Crippen LogP contribution in [0.25, 0.3) is 0 Å². The summed E-state index contributed by atoms with van der Waals surface area (Å²) >= 11 is 5.81. The molecule has 0 radical (unpaired) electrons. The Balaban J connectivity index is 2.87. The molecule has 2 heteroatoms. The average Bonchev–Trinajstić information content (AvgIpc) is 2.05. The Hall–Kier alpha value is -0.530. The Morgan fingerprint density at radius 3 is 2.23 bits per heavy atom. The van der Waals surface area contributed by atoms with Crippen molar-refractivity contribution in [2.45, 2.75) is 25.7 Å². The van der Waals surface area contributed by atoms with Gasteiger partial charge in [-0.15, -0.1) is 0 Å². The quantitative estimate of drug-likeness (QED) is 0.792. The van der Waals surface area contributed by atoms with Crippen LogP contribution in [0.5, 0.6) is 0 Å². The number of nitrogens with two attached hydrogens (primary N) is 1. The average molecular weight is 198 g/mol. The molecule has 0 bridgehead atoms. The zero-order valence-corrected chi connectivity index (χ0v) is 8.93. The lowest BCUT2D eigenvalue weighted by Crippen LogP contribution is -2.21. The molecule has 1 rings (SSSR count). The molecule has 0 spiro atoms. The summed E-state index contributed by atoms with van der Waals surface area (Å²) in [5, 5.41) is 0.785. The van der Waals surface area contributed by atoms with E-state index in [4.69, 9.17) is 17.3 Å². The molecule has 0 amide bonds. The van der Waals surface area contributed by atoms with E-state index in [9.17, 15) is 0 Å². The van der Waals surface area contributed by atoms with Crippen LogP contribution in [0.4, 0.5) is 0 Å². The molecule has 0 aliphatic carbocycles. The van der Waals surface area contributed by atoms with E-state index >= 15 is 0 Å². The van der Waals surface area contributed by atoms with Gasteiger partial charge in [-0.3, -0.25) is 0 Å². The largest absolute Gasteiger partial charge is 0.330 e. The second kappa shape index (κ2) is 4.12. The molecular weight excluding hydrogens is 182 g/mol. The molecule has 0 heterocycles. The van der Waals surface area contributed by atoms with Crippen molar-refractivity contribution in [1.29, 1.82) is 0 Å². The topological polar surface area (TPSA) is 26.0 Å². The van der Waals surface area contributed by atoms with Gasteiger partial charge in [-0.25, -0.2) is 0 Å². The van der Waals surface area contributed by atoms with Gasteiger partial charge in [-0.05, 0) is 36.1 Å². The SMILES string of the molecule is CC(C)(CCN)c1ccc(Cl)cc1. The lowest BCUT2D eigenvalue weighted by atomic mass is 9.82. The van der Waals surface area contributed by atoms with Crippen molar-refractivity contribution in [2.75, 3.05) is 6.54 Å². The van der Waals surface area contributed by atoms with Crippen LogP contribution in [0.2, 0.25) is 5.02 Å². The monoisotopic (exact) mass is 197 g/mol. The highest BCUT2D eigenvalue weighted by Crippen LogP contribution is 2.27. The van der Waals surface area contributed by atoms with Crippen molar-refractivity contribution in [1.82, 2.24) is 0 Å². The van der Waals surface area contributed by atoms with Gasteiger partial charge >= 0.3 is 0 Å². The van der Waals surface area contributed by atoms with Crippen LogP contribution < -0.4 is 5.73 Å². The normalized spacial score (nSPS) is 11.7. The predicted octanol–water partition coefficient (Wildman–Crippen LogP) is 2.97. The standard InChI is InChI=1S/C11H16ClN/c1-11(2,7-8-13)9-3-5-10(12)6-4-9/h3-6H,7-8,13H2,1-2H3. The zero-order valence-electron chi connectivity index (χ0n) is 8.18. The molecule has 0 saturated heterocycles. The van der Waals surface area contributed by atoms with Crippen LogP contribution in [0.15, 0.2) is 24.3 Å². The smallest absolute Gasteiger partial charge is 0.0406 e. The van der Waals surface area contributed by atoms with Crippen molar-refractivity contribution in [2.24, 2.45) is 5.73 Å². The van der Waals surface area contributed by atoms with E-state index in [0.717, 1.165) is 18.0 Å². The maximum Gasteiger partial charge on any atom is 0.0406 e. The van der Waals surface area contributed by atoms with E-state index in [2.05, 4.69) is 26.0 Å². The Labute approximate surface area is 84.9 Å². The van der Waals surface area contributed by atoms with Gasteiger partial charge in [0.05, 0.1) is 0 Å². The summed E-state index contributed by atoms with van der Waals surface area (Å²) in [6, 6.07) is 7.99. The molecule has 0 fully saturated rings. The van der Waals surface area contributed by atoms with Crippen molar-refractivity contribution < 1.29 is 0 Å². The summed E-state index contributed by atoms with van der Waals surface area (Å²) in [6.07, 6.45) is 0.995. The lowest BCUT2D eigenvalue weighted by molar-refractivity contribution is 0.488. The maximum atomic E-state index is 5.81. The highest BCUT2D eigenvalue weighted by atomic mass is 35.5. The van der Waals surface area contributed by atoms with Crippen LogP contribution in [0.1, 0.15) is 25.8 Å². The van der Waals surface area contributed by atoms with Crippen molar-refractivity contribution in [3.05, 3.63) is 34.9 Å². The van der Waals surface area contributed by atoms with Crippen molar-refractivity contribution in [3.63, 3.8) is 0 Å². The third-order valence-corrected chi connectivity index (χ3v) is 2.65. The minimum absolute atomic E-state index is 0.152. The summed E-state index contributed by atoms with van der Waals surface area (Å²) in [6.45, 7) is 5.11. The summed E-state index contributed by atoms with van der Waals surface area (Å²) in [4.78, 5) is 0. The van der Waals surface area contributed by atoms with Gasteiger partial charge in [0.2, 0.25) is 0 Å². The summed E-state index contributed by atoms with van der Waals surface area (Å²) in [7, 11) is 0. The Morgan fingerprint density at radius 2 is 1.77 bits per heavy atom. The molecule has 1 aromatic rings. The van der Waals surface area contributed by atoms with Gasteiger partial charge in [0.15, 0.2) is 0 Å². The first-order chi connectivity index (χ1) is 6.06. The van der Waals surface area contributed by atoms with Gasteiger partial charge in [0.25, 0.3) is 0 Å². The number of hydrogen-bond acceptors (Lipinski definition) is 1. The van der Waals surface area contributed by atoms with Crippen LogP contribution in [-0.2, 0) is 5.41 Å². The van der Waals surface area contributed by atoms with Crippen LogP contribution in [-0.4, -0.2) is 6.54 Å². The van der Waals surface area contributed by atoms with Gasteiger partial charge in [-0.1, -0.05) is 37.6 Å². The molecular formula is C11H16ClN. The third-order valence-electron chi connectivity index (χ3n) is 2.40. The molecule has 0 unspecified atom stereocenters. The maximum absolute atomic E-state index is 5.81. The Kier molecular flexibility index (Phi) is 3.34. The minimum atomic E-state index is 0.152. The van der Waals surface area contributed by atoms with E-state index in [1.54, 1.807) is 0 Å². The van der Waals surface area contributed by atoms with Crippen molar-refractivity contribution in [3.8, 4) is 0 Å². The molecule has 0 aliphatic heterocycles. The number of hydrogen-bond donors (Lipinski definition) is 1. The second-order valence-electron chi connectivity index (χ2n) is 3.93. The van der Waals surface area contributed by atoms with Crippen LogP contribution >= 0.6 is 11.6 Å². The molecule has 0 aromatic heterocycles. The first kappa shape index (κ1) is 10.6. The van der Waals surface area contributed by atoms with Gasteiger partial charge in [0, 0.05) is 5.02 Å². The summed E-state index contributed by atoms with van der Waals surface area (Å²) < 4.78 is 0. The summed E-state index contributed by atoms with van der Waals surface area (Å²) in [5.41, 5.74) is 7.00. The molecule has 1 aromatic carbocycles. The van der Waals surface area contributed by atoms with Crippen LogP contribution in [0, 0.1) is 0 Å². The van der Waals surface area contributed by atoms with Gasteiger partial charge in [-0.2, -0.15) is 0 Å². The first-order valence-electron chi connectivity index (χ1n) is 4.52. The molecule has 2 N–H and O–H groups in total. The fraction of sp³-hybridized carbons (Fsp3) is 0.455. The highest BCUT2D eigenvalue weighted by Gasteiger charge is 2.18. The van der Waals surface area contributed by atoms with Gasteiger partial charge < -0.3 is 5.73 Å². The minimum Gasteiger partial charge on any atom is -0.330 e. The second-order valence-corrected chi connectivity index (χ2v) is 4.37. The first-order valence-corrected chi connectivity index (χ1v) is 4.90. The molecule has 1 nitrogen and oxygen atoms in total. The Morgan fingerprint density at radius 1 is 1.23 bits per heavy atom. The molecule has 0 atom stereocenters. The predicted molar refractivity (Wildman–Crippen MR) is 58.1 cm³/mol. The molecule has 72 valence electrons. The van der Waals surface area contributed by atoms with Crippen molar-refractivity contribution >= 4 is 11.6 Å². The third kappa shape index (κ3) is 2.71. The number of halogens is 1. The lowest BCUT2D eigenvalue weighted by Gasteiger charge is -2.24. The van der Waals surface area contributed by atoms with Crippen LogP contribution in [0.3, 0.4) is 0 Å². The van der Waals surface area contributed by atoms with E-state index in [0.29, 0.717) is 0 Å². The molecule has 13 heavy (non-hydrogen) atoms. The molecule has 0 aliphatic rings. The van der Waals surface area contributed by atoms with Gasteiger partial charge in [0.1, 0.15) is 0 Å². The summed E-state index contributed by atoms with van der Waals surface area (Å²) in [5.74, 6) is 0. The number of benzene rings is 1. The Bertz CT molecular complexity index is 264. The number of rotatable bonds is 3. The van der Waals surface area contributed by atoms with E-state index in [-0.39, 0.29) is 5.41 Å². The molecule has 0 saturated carbocycles. The fourth-order valence-electron chi connectivity index (χ4n) is 1.41. The fourth-order valence-corrected chi connectivity index (χ4v) is 1.53. The van der Waals surface area contributed by atoms with E-state index in [1.165, 1.54) is 5.56 Å². The highest BCUT2D eigenvalue weighted by molar-refractivity contribution is 6.30. The van der Waals surface area contributed by atoms with E-state index in [1.807, 2.05) is 12.1 Å². The van der Waals surface area contributed by atoms with E-state index < -0.39 is 0 Å². The zero-order chi connectivity index (χ0) is 9.90.